The molecule has 1 fully saturated rings. The van der Waals surface area contributed by atoms with Gasteiger partial charge in [0, 0.05) is 5.56 Å². The fourth-order valence-corrected chi connectivity index (χ4v) is 5.98. The summed E-state index contributed by atoms with van der Waals surface area (Å²) in [5.41, 5.74) is -1.49. The lowest BCUT2D eigenvalue weighted by molar-refractivity contribution is -0.269. The number of benzene rings is 3. The number of hydroxylamine groups is 2. The van der Waals surface area contributed by atoms with Gasteiger partial charge in [0.2, 0.25) is 0 Å². The minimum Gasteiger partial charge on any atom is -0.481 e. The quantitative estimate of drug-likeness (QED) is 0.401. The minimum absolute atomic E-state index is 0.0182. The standard InChI is InChI=1S/C31H31NO5/c1-3-30(28(33)34)22(2)32(37)27(25-17-11-6-12-18-25)31(29(35)36,21-24-15-9-5-10-16-24)26(30)20-19-23-13-7-4-8-14-23/h4-18,22,26-27,37H,3,21H2,1-2H3,(H,33,34)(H,35,36). The first kappa shape index (κ1) is 26.2. The van der Waals surface area contributed by atoms with Crippen molar-refractivity contribution in [1.29, 1.82) is 0 Å². The van der Waals surface area contributed by atoms with Crippen LogP contribution >= 0.6 is 0 Å². The highest BCUT2D eigenvalue weighted by atomic mass is 16.5. The van der Waals surface area contributed by atoms with Crippen LogP contribution in [-0.2, 0) is 16.0 Å². The number of carbonyl (C=O) groups is 2. The van der Waals surface area contributed by atoms with Gasteiger partial charge in [0.25, 0.3) is 0 Å². The van der Waals surface area contributed by atoms with Crippen LogP contribution < -0.4 is 0 Å². The first-order valence-electron chi connectivity index (χ1n) is 12.4. The molecular formula is C31H31NO5. The minimum atomic E-state index is -1.79. The zero-order valence-electron chi connectivity index (χ0n) is 20.9. The van der Waals surface area contributed by atoms with Crippen molar-refractivity contribution < 1.29 is 25.0 Å². The van der Waals surface area contributed by atoms with Crippen molar-refractivity contribution in [3.8, 4) is 11.8 Å². The number of hydrogen-bond donors (Lipinski definition) is 3. The summed E-state index contributed by atoms with van der Waals surface area (Å²) in [6.07, 6.45) is 0.0652. The maximum Gasteiger partial charge on any atom is 0.313 e. The molecule has 0 amide bonds. The summed E-state index contributed by atoms with van der Waals surface area (Å²) in [4.78, 5) is 26.7. The van der Waals surface area contributed by atoms with Crippen molar-refractivity contribution in [3.63, 3.8) is 0 Å². The number of rotatable bonds is 6. The van der Waals surface area contributed by atoms with Gasteiger partial charge in [-0.1, -0.05) is 97.6 Å². The van der Waals surface area contributed by atoms with E-state index < -0.39 is 40.8 Å². The summed E-state index contributed by atoms with van der Waals surface area (Å²) < 4.78 is 0. The number of carboxylic acid groups (broad SMARTS) is 2. The van der Waals surface area contributed by atoms with Crippen LogP contribution in [-0.4, -0.2) is 38.5 Å². The first-order valence-corrected chi connectivity index (χ1v) is 12.4. The van der Waals surface area contributed by atoms with Crippen LogP contribution in [0.2, 0.25) is 0 Å². The Kier molecular flexibility index (Phi) is 7.49. The van der Waals surface area contributed by atoms with E-state index in [0.29, 0.717) is 11.1 Å². The van der Waals surface area contributed by atoms with E-state index in [0.717, 1.165) is 10.6 Å². The lowest BCUT2D eigenvalue weighted by atomic mass is 9.50. The summed E-state index contributed by atoms with van der Waals surface area (Å²) >= 11 is 0. The normalized spacial score (nSPS) is 27.6. The van der Waals surface area contributed by atoms with Crippen LogP contribution in [0.25, 0.3) is 0 Å². The van der Waals surface area contributed by atoms with Crippen LogP contribution in [0, 0.1) is 28.6 Å². The predicted octanol–water partition coefficient (Wildman–Crippen LogP) is 5.28. The second-order valence-electron chi connectivity index (χ2n) is 9.64. The van der Waals surface area contributed by atoms with Gasteiger partial charge in [-0.05, 0) is 43.0 Å². The lowest BCUT2D eigenvalue weighted by Gasteiger charge is -2.58. The third-order valence-corrected chi connectivity index (χ3v) is 7.90. The Morgan fingerprint density at radius 1 is 0.838 bits per heavy atom. The first-order chi connectivity index (χ1) is 17.8. The maximum atomic E-state index is 13.6. The average molecular weight is 498 g/mol. The second-order valence-corrected chi connectivity index (χ2v) is 9.64. The van der Waals surface area contributed by atoms with E-state index in [9.17, 15) is 25.0 Å². The van der Waals surface area contributed by atoms with Crippen molar-refractivity contribution >= 4 is 11.9 Å². The molecule has 3 N–H and O–H groups in total. The van der Waals surface area contributed by atoms with E-state index in [1.54, 1.807) is 50.2 Å². The van der Waals surface area contributed by atoms with Gasteiger partial charge in [-0.25, -0.2) is 0 Å². The van der Waals surface area contributed by atoms with Gasteiger partial charge in [-0.2, -0.15) is 5.06 Å². The third-order valence-electron chi connectivity index (χ3n) is 7.90. The molecule has 37 heavy (non-hydrogen) atoms. The molecule has 3 aromatic carbocycles. The molecule has 0 bridgehead atoms. The van der Waals surface area contributed by atoms with Gasteiger partial charge in [0.15, 0.2) is 0 Å². The molecule has 1 heterocycles. The van der Waals surface area contributed by atoms with E-state index in [2.05, 4.69) is 11.8 Å². The maximum absolute atomic E-state index is 13.6. The van der Waals surface area contributed by atoms with Crippen LogP contribution in [0.4, 0.5) is 0 Å². The molecule has 5 unspecified atom stereocenters. The topological polar surface area (TPSA) is 98.1 Å². The Morgan fingerprint density at radius 3 is 1.86 bits per heavy atom. The van der Waals surface area contributed by atoms with E-state index >= 15 is 0 Å². The van der Waals surface area contributed by atoms with Crippen LogP contribution in [0.15, 0.2) is 91.0 Å². The second kappa shape index (κ2) is 10.6. The molecular weight excluding hydrogens is 466 g/mol. The fourth-order valence-electron chi connectivity index (χ4n) is 5.98. The molecule has 6 nitrogen and oxygen atoms in total. The number of piperidine rings is 1. The van der Waals surface area contributed by atoms with Crippen molar-refractivity contribution in [2.75, 3.05) is 0 Å². The van der Waals surface area contributed by atoms with E-state index in [4.69, 9.17) is 0 Å². The van der Waals surface area contributed by atoms with Crippen LogP contribution in [0.3, 0.4) is 0 Å². The van der Waals surface area contributed by atoms with E-state index in [1.807, 2.05) is 54.6 Å². The Morgan fingerprint density at radius 2 is 1.35 bits per heavy atom. The third kappa shape index (κ3) is 4.42. The summed E-state index contributed by atoms with van der Waals surface area (Å²) in [5.74, 6) is 2.72. The molecule has 1 aliphatic heterocycles. The van der Waals surface area contributed by atoms with Gasteiger partial charge in [-0.15, -0.1) is 0 Å². The molecule has 0 spiro atoms. The number of aliphatic carboxylic acids is 2. The SMILES string of the molecule is CCC1(C(=O)O)C(C)N(O)C(c2ccccc2)C(Cc2ccccc2)(C(=O)O)C1C#Cc1ccccc1. The van der Waals surface area contributed by atoms with Gasteiger partial charge in [0.1, 0.15) is 5.41 Å². The monoisotopic (exact) mass is 497 g/mol. The molecule has 6 heteroatoms. The molecule has 0 aliphatic carbocycles. The Balaban J connectivity index is 2.08. The molecule has 0 radical (unpaired) electrons. The predicted molar refractivity (Wildman–Crippen MR) is 140 cm³/mol. The number of carboxylic acids is 2. The average Bonchev–Trinajstić information content (AvgIpc) is 2.91. The Hall–Kier alpha value is -3.92. The van der Waals surface area contributed by atoms with Crippen molar-refractivity contribution in [2.45, 2.75) is 38.8 Å². The van der Waals surface area contributed by atoms with E-state index in [-0.39, 0.29) is 12.8 Å². The molecule has 1 aliphatic rings. The highest BCUT2D eigenvalue weighted by Crippen LogP contribution is 2.60. The highest BCUT2D eigenvalue weighted by Gasteiger charge is 2.69. The summed E-state index contributed by atoms with van der Waals surface area (Å²) in [7, 11) is 0. The van der Waals surface area contributed by atoms with Gasteiger partial charge >= 0.3 is 11.9 Å². The Bertz CT molecular complexity index is 1300. The molecule has 3 aromatic rings. The van der Waals surface area contributed by atoms with Gasteiger partial charge in [0.05, 0.1) is 23.4 Å². The zero-order valence-corrected chi connectivity index (χ0v) is 20.9. The van der Waals surface area contributed by atoms with Crippen molar-refractivity contribution in [2.24, 2.45) is 16.7 Å². The largest absolute Gasteiger partial charge is 0.481 e. The number of nitrogens with zero attached hydrogens (tertiary/aromatic N) is 1. The molecule has 190 valence electrons. The summed E-state index contributed by atoms with van der Waals surface area (Å²) in [5, 5.41) is 34.3. The molecule has 0 saturated carbocycles. The fraction of sp³-hybridized carbons (Fsp3) is 0.290. The van der Waals surface area contributed by atoms with Gasteiger partial charge < -0.3 is 15.4 Å². The zero-order chi connectivity index (χ0) is 26.6. The van der Waals surface area contributed by atoms with Crippen LogP contribution in [0.1, 0.15) is 43.0 Å². The Labute approximate surface area is 217 Å². The lowest BCUT2D eigenvalue weighted by Crippen LogP contribution is -2.68. The van der Waals surface area contributed by atoms with E-state index in [1.165, 1.54) is 0 Å². The van der Waals surface area contributed by atoms with Crippen molar-refractivity contribution in [3.05, 3.63) is 108 Å². The highest BCUT2D eigenvalue weighted by molar-refractivity contribution is 5.84. The molecule has 5 atom stereocenters. The van der Waals surface area contributed by atoms with Crippen molar-refractivity contribution in [1.82, 2.24) is 5.06 Å². The van der Waals surface area contributed by atoms with Gasteiger partial charge in [-0.3, -0.25) is 9.59 Å². The van der Waals surface area contributed by atoms with Crippen LogP contribution in [0.5, 0.6) is 0 Å². The smallest absolute Gasteiger partial charge is 0.313 e. The molecule has 0 aromatic heterocycles. The molecule has 1 saturated heterocycles. The number of hydrogen-bond acceptors (Lipinski definition) is 4. The summed E-state index contributed by atoms with van der Waals surface area (Å²) in [6, 6.07) is 25.2. The summed E-state index contributed by atoms with van der Waals surface area (Å²) in [6.45, 7) is 3.35. The molecule has 4 rings (SSSR count).